The van der Waals surface area contributed by atoms with E-state index in [1.54, 1.807) is 19.2 Å². The third-order valence-corrected chi connectivity index (χ3v) is 8.13. The van der Waals surface area contributed by atoms with Crippen molar-refractivity contribution in [1.29, 1.82) is 0 Å². The van der Waals surface area contributed by atoms with E-state index in [9.17, 15) is 23.1 Å². The van der Waals surface area contributed by atoms with Crippen molar-refractivity contribution in [3.8, 4) is 5.75 Å². The first-order chi connectivity index (χ1) is 17.6. The zero-order valence-electron chi connectivity index (χ0n) is 21.0. The number of aromatic carboxylic acids is 1. The van der Waals surface area contributed by atoms with Crippen LogP contribution in [0, 0.1) is 12.3 Å². The molecule has 2 aliphatic rings. The van der Waals surface area contributed by atoms with Gasteiger partial charge in [0.25, 0.3) is 0 Å². The van der Waals surface area contributed by atoms with Crippen molar-refractivity contribution in [1.82, 2.24) is 15.2 Å². The van der Waals surface area contributed by atoms with Crippen molar-refractivity contribution in [2.75, 3.05) is 20.2 Å². The Balaban J connectivity index is 1.42. The van der Waals surface area contributed by atoms with Crippen LogP contribution in [0.15, 0.2) is 42.6 Å². The van der Waals surface area contributed by atoms with E-state index in [-0.39, 0.29) is 37.0 Å². The van der Waals surface area contributed by atoms with Gasteiger partial charge in [-0.15, -0.1) is 0 Å². The molecule has 2 heterocycles. The number of carboxylic acid groups (broad SMARTS) is 1. The number of H-pyrrole nitrogens is 1. The number of aryl methyl sites for hydroxylation is 1. The summed E-state index contributed by atoms with van der Waals surface area (Å²) in [5.41, 5.74) is 2.76. The van der Waals surface area contributed by atoms with Crippen molar-refractivity contribution in [2.24, 2.45) is 5.41 Å². The van der Waals surface area contributed by atoms with Gasteiger partial charge in [0.2, 0.25) is 0 Å². The lowest BCUT2D eigenvalue weighted by molar-refractivity contribution is -0.186. The number of nitrogens with zero attached hydrogens (tertiary/aromatic N) is 1. The van der Waals surface area contributed by atoms with E-state index in [0.29, 0.717) is 19.5 Å². The number of fused-ring (bicyclic) bond motifs is 1. The number of hydrogen-bond donors (Lipinski definition) is 3. The molecule has 3 aromatic rings. The van der Waals surface area contributed by atoms with Gasteiger partial charge in [0, 0.05) is 54.4 Å². The number of methoxy groups -OCH3 is 1. The zero-order valence-corrected chi connectivity index (χ0v) is 21.0. The molecule has 1 aromatic heterocycles. The Morgan fingerprint density at radius 3 is 2.59 bits per heavy atom. The van der Waals surface area contributed by atoms with Crippen LogP contribution in [-0.4, -0.2) is 53.4 Å². The number of piperidine rings is 1. The van der Waals surface area contributed by atoms with Crippen LogP contribution in [0.1, 0.15) is 58.8 Å². The monoisotopic (exact) mass is 515 g/mol. The summed E-state index contributed by atoms with van der Waals surface area (Å²) in [5, 5.41) is 13.6. The van der Waals surface area contributed by atoms with Gasteiger partial charge in [0.05, 0.1) is 18.1 Å². The first-order valence-electron chi connectivity index (χ1n) is 12.6. The van der Waals surface area contributed by atoms with E-state index in [4.69, 9.17) is 4.74 Å². The van der Waals surface area contributed by atoms with Crippen LogP contribution in [0.3, 0.4) is 0 Å². The average Bonchev–Trinajstić information content (AvgIpc) is 3.52. The van der Waals surface area contributed by atoms with E-state index in [1.807, 2.05) is 37.4 Å². The highest BCUT2D eigenvalue weighted by molar-refractivity contribution is 5.88. The second-order valence-electron chi connectivity index (χ2n) is 10.4. The Kier molecular flexibility index (Phi) is 6.70. The third kappa shape index (κ3) is 4.94. The number of rotatable bonds is 8. The van der Waals surface area contributed by atoms with E-state index in [1.165, 1.54) is 0 Å². The fourth-order valence-corrected chi connectivity index (χ4v) is 5.62. The Hall–Kier alpha value is -3.04. The molecular formula is C28H32F3N3O3. The van der Waals surface area contributed by atoms with Gasteiger partial charge in [-0.3, -0.25) is 4.90 Å². The number of benzene rings is 2. The van der Waals surface area contributed by atoms with Crippen molar-refractivity contribution in [3.63, 3.8) is 0 Å². The van der Waals surface area contributed by atoms with Gasteiger partial charge < -0.3 is 20.1 Å². The van der Waals surface area contributed by atoms with Gasteiger partial charge in [-0.05, 0) is 68.0 Å². The smallest absolute Gasteiger partial charge is 0.395 e. The molecule has 2 atom stereocenters. The molecule has 2 fully saturated rings. The summed E-state index contributed by atoms with van der Waals surface area (Å²) in [6.45, 7) is 3.26. The van der Waals surface area contributed by atoms with Gasteiger partial charge in [0.15, 0.2) is 0 Å². The molecule has 0 unspecified atom stereocenters. The third-order valence-electron chi connectivity index (χ3n) is 8.13. The Labute approximate surface area is 213 Å². The predicted octanol–water partition coefficient (Wildman–Crippen LogP) is 5.82. The fraction of sp³-hybridized carbons (Fsp3) is 0.464. The summed E-state index contributed by atoms with van der Waals surface area (Å²) in [6.07, 6.45) is -0.554. The molecule has 2 aromatic carbocycles. The largest absolute Gasteiger partial charge is 0.496 e. The van der Waals surface area contributed by atoms with Crippen molar-refractivity contribution in [3.05, 3.63) is 64.8 Å². The lowest BCUT2D eigenvalue weighted by atomic mass is 9.90. The highest BCUT2D eigenvalue weighted by Crippen LogP contribution is 2.57. The Bertz CT molecular complexity index is 1280. The molecule has 1 saturated heterocycles. The van der Waals surface area contributed by atoms with E-state index in [0.717, 1.165) is 39.8 Å². The normalized spacial score (nSPS) is 21.8. The molecule has 6 nitrogen and oxygen atoms in total. The summed E-state index contributed by atoms with van der Waals surface area (Å²) in [6, 6.07) is 10.7. The van der Waals surface area contributed by atoms with Crippen molar-refractivity contribution < 1.29 is 27.8 Å². The lowest BCUT2D eigenvalue weighted by Gasteiger charge is -2.41. The van der Waals surface area contributed by atoms with Gasteiger partial charge in [-0.2, -0.15) is 13.2 Å². The molecule has 0 amide bonds. The van der Waals surface area contributed by atoms with E-state index < -0.39 is 17.6 Å². The molecule has 0 radical (unpaired) electrons. The maximum absolute atomic E-state index is 13.5. The minimum absolute atomic E-state index is 0.0540. The van der Waals surface area contributed by atoms with E-state index in [2.05, 4.69) is 15.2 Å². The number of aromatic nitrogens is 1. The summed E-state index contributed by atoms with van der Waals surface area (Å²) >= 11 is 0. The van der Waals surface area contributed by atoms with Gasteiger partial charge >= 0.3 is 12.1 Å². The van der Waals surface area contributed by atoms with Gasteiger partial charge in [-0.1, -0.05) is 12.1 Å². The SMILES string of the molecule is COc1cc(C)c2[nH]ccc2c1CN1CC[C@H](NCC2(C(F)(F)F)CC2)C[C@H]1c1ccc(C(=O)O)cc1. The maximum Gasteiger partial charge on any atom is 0.395 e. The molecule has 3 N–H and O–H groups in total. The summed E-state index contributed by atoms with van der Waals surface area (Å²) in [7, 11) is 1.66. The Morgan fingerprint density at radius 2 is 1.97 bits per heavy atom. The van der Waals surface area contributed by atoms with Crippen molar-refractivity contribution in [2.45, 2.75) is 57.4 Å². The minimum atomic E-state index is -4.18. The highest BCUT2D eigenvalue weighted by atomic mass is 19.4. The summed E-state index contributed by atoms with van der Waals surface area (Å²) in [5.74, 6) is -0.196. The fourth-order valence-electron chi connectivity index (χ4n) is 5.62. The quantitative estimate of drug-likeness (QED) is 0.352. The molecule has 37 heavy (non-hydrogen) atoms. The molecule has 0 spiro atoms. The van der Waals surface area contributed by atoms with Crippen LogP contribution in [-0.2, 0) is 6.54 Å². The van der Waals surface area contributed by atoms with Gasteiger partial charge in [-0.25, -0.2) is 4.79 Å². The molecule has 198 valence electrons. The van der Waals surface area contributed by atoms with E-state index >= 15 is 0 Å². The van der Waals surface area contributed by atoms with Crippen LogP contribution in [0.4, 0.5) is 13.2 Å². The zero-order chi connectivity index (χ0) is 26.4. The average molecular weight is 516 g/mol. The summed E-state index contributed by atoms with van der Waals surface area (Å²) < 4.78 is 46.2. The number of halogens is 3. The summed E-state index contributed by atoms with van der Waals surface area (Å²) in [4.78, 5) is 17.0. The van der Waals surface area contributed by atoms with Gasteiger partial charge in [0.1, 0.15) is 5.75 Å². The molecule has 5 rings (SSSR count). The Morgan fingerprint density at radius 1 is 1.24 bits per heavy atom. The topological polar surface area (TPSA) is 77.6 Å². The number of hydrogen-bond acceptors (Lipinski definition) is 4. The molecule has 0 bridgehead atoms. The second kappa shape index (κ2) is 9.68. The minimum Gasteiger partial charge on any atom is -0.496 e. The first-order valence-corrected chi connectivity index (χ1v) is 12.6. The number of carbonyl (C=O) groups is 1. The number of nitrogens with one attached hydrogen (secondary N) is 2. The highest BCUT2D eigenvalue weighted by Gasteiger charge is 2.62. The molecule has 9 heteroatoms. The molecule has 1 aliphatic carbocycles. The van der Waals surface area contributed by atoms with Crippen LogP contribution in [0.2, 0.25) is 0 Å². The number of likely N-dealkylation sites (tertiary alicyclic amines) is 1. The number of ether oxygens (including phenoxy) is 1. The van der Waals surface area contributed by atoms with Crippen LogP contribution >= 0.6 is 0 Å². The molecule has 1 aliphatic heterocycles. The molecule has 1 saturated carbocycles. The standard InChI is InChI=1S/C28H32F3N3O3/c1-17-13-24(37-2)22(21-7-11-32-25(17)21)15-34-12-8-20(33-16-27(9-10-27)28(29,30)31)14-23(34)18-3-5-19(6-4-18)26(35)36/h3-7,11,13,20,23,32-33H,8-10,12,14-16H2,1-2H3,(H,35,36)/t20-,23-/m0/s1. The number of alkyl halides is 3. The second-order valence-corrected chi connectivity index (χ2v) is 10.4. The van der Waals surface area contributed by atoms with Crippen LogP contribution < -0.4 is 10.1 Å². The number of aromatic amines is 1. The van der Waals surface area contributed by atoms with Crippen LogP contribution in [0.5, 0.6) is 5.75 Å². The molecular weight excluding hydrogens is 483 g/mol. The predicted molar refractivity (Wildman–Crippen MR) is 135 cm³/mol. The maximum atomic E-state index is 13.5. The number of carboxylic acids is 1. The first kappa shape index (κ1) is 25.6. The van der Waals surface area contributed by atoms with Crippen molar-refractivity contribution >= 4 is 16.9 Å². The van der Waals surface area contributed by atoms with Crippen LogP contribution in [0.25, 0.3) is 10.9 Å². The lowest BCUT2D eigenvalue weighted by Crippen LogP contribution is -2.47.